The Labute approximate surface area is 63.3 Å². The van der Waals surface area contributed by atoms with Gasteiger partial charge >= 0.3 is 0 Å². The van der Waals surface area contributed by atoms with Crippen molar-refractivity contribution in [2.45, 2.75) is 12.7 Å². The molecule has 1 heterocycles. The molecule has 1 aliphatic heterocycles. The second kappa shape index (κ2) is 3.91. The molecular formula is C7H15NO2. The van der Waals surface area contributed by atoms with Crippen LogP contribution in [0.2, 0.25) is 0 Å². The van der Waals surface area contributed by atoms with Crippen molar-refractivity contribution in [2.24, 2.45) is 0 Å². The fourth-order valence-corrected chi connectivity index (χ4v) is 0.812. The maximum absolute atomic E-state index is 7.60. The highest BCUT2D eigenvalue weighted by atomic mass is 16.7. The zero-order valence-electron chi connectivity index (χ0n) is 7.59. The van der Waals surface area contributed by atoms with Crippen LogP contribution in [0.4, 0.5) is 0 Å². The lowest BCUT2D eigenvalue weighted by atomic mass is 10.4. The summed E-state index contributed by atoms with van der Waals surface area (Å²) in [6, 6.07) is 0. The Morgan fingerprint density at radius 2 is 2.10 bits per heavy atom. The molecule has 0 amide bonds. The smallest absolute Gasteiger partial charge is 0.159 e. The van der Waals surface area contributed by atoms with Crippen LogP contribution in [0.1, 0.15) is 7.79 Å². The van der Waals surface area contributed by atoms with Gasteiger partial charge in [0.25, 0.3) is 0 Å². The monoisotopic (exact) mass is 146 g/mol. The summed E-state index contributed by atoms with van der Waals surface area (Å²) in [6.45, 7) is 1.93. The molecule has 10 heavy (non-hydrogen) atoms. The molecule has 1 fully saturated rings. The van der Waals surface area contributed by atoms with Gasteiger partial charge < -0.3 is 14.4 Å². The molecule has 1 rings (SSSR count). The number of ether oxygens (including phenoxy) is 2. The summed E-state index contributed by atoms with van der Waals surface area (Å²) in [6.07, 6.45) is -0.454. The summed E-state index contributed by atoms with van der Waals surface area (Å²) < 4.78 is 17.8. The Morgan fingerprint density at radius 3 is 2.60 bits per heavy atom. The quantitative estimate of drug-likeness (QED) is 0.572. The van der Waals surface area contributed by atoms with Crippen LogP contribution >= 0.6 is 0 Å². The molecule has 3 nitrogen and oxygen atoms in total. The fraction of sp³-hybridized carbons (Fsp3) is 1.00. The Morgan fingerprint density at radius 1 is 1.50 bits per heavy atom. The molecule has 0 aliphatic carbocycles. The lowest BCUT2D eigenvalue weighted by Crippen LogP contribution is -2.19. The zero-order chi connectivity index (χ0) is 8.32. The lowest BCUT2D eigenvalue weighted by molar-refractivity contribution is -0.0496. The van der Waals surface area contributed by atoms with E-state index < -0.39 is 6.27 Å². The molecule has 0 aromatic carbocycles. The van der Waals surface area contributed by atoms with Crippen molar-refractivity contribution >= 4 is 0 Å². The first-order valence-electron chi connectivity index (χ1n) is 4.05. The van der Waals surface area contributed by atoms with E-state index in [2.05, 4.69) is 0 Å². The second-order valence-corrected chi connectivity index (χ2v) is 2.62. The van der Waals surface area contributed by atoms with Crippen molar-refractivity contribution in [3.63, 3.8) is 0 Å². The molecule has 0 bridgehead atoms. The van der Waals surface area contributed by atoms with E-state index in [1.165, 1.54) is 0 Å². The summed E-state index contributed by atoms with van der Waals surface area (Å²) in [5, 5.41) is 0. The number of hydrogen-bond acceptors (Lipinski definition) is 3. The zero-order valence-corrected chi connectivity index (χ0v) is 6.59. The van der Waals surface area contributed by atoms with E-state index in [-0.39, 0.29) is 0 Å². The van der Waals surface area contributed by atoms with Crippen LogP contribution in [0.5, 0.6) is 0 Å². The average Bonchev–Trinajstić information content (AvgIpc) is 2.33. The van der Waals surface area contributed by atoms with E-state index in [1.807, 2.05) is 19.0 Å². The van der Waals surface area contributed by atoms with E-state index in [4.69, 9.17) is 10.8 Å². The summed E-state index contributed by atoms with van der Waals surface area (Å²) in [7, 11) is 3.94. The summed E-state index contributed by atoms with van der Waals surface area (Å²) in [5.74, 6) is 0. The third-order valence-electron chi connectivity index (χ3n) is 1.37. The molecule has 0 N–H and O–H groups in total. The summed E-state index contributed by atoms with van der Waals surface area (Å²) >= 11 is 0. The minimum absolute atomic E-state index is 0.553. The first kappa shape index (κ1) is 6.58. The fourth-order valence-electron chi connectivity index (χ4n) is 0.812. The van der Waals surface area contributed by atoms with Gasteiger partial charge in [-0.25, -0.2) is 0 Å². The van der Waals surface area contributed by atoms with Crippen LogP contribution in [0, 0.1) is 0 Å². The largest absolute Gasteiger partial charge is 0.350 e. The minimum Gasteiger partial charge on any atom is -0.350 e. The van der Waals surface area contributed by atoms with Crippen LogP contribution in [0.3, 0.4) is 0 Å². The van der Waals surface area contributed by atoms with Crippen LogP contribution in [0.15, 0.2) is 0 Å². The maximum atomic E-state index is 7.60. The van der Waals surface area contributed by atoms with Gasteiger partial charge in [0.2, 0.25) is 0 Å². The molecule has 0 saturated carbocycles. The average molecular weight is 146 g/mol. The van der Waals surface area contributed by atoms with Crippen LogP contribution in [-0.4, -0.2) is 45.0 Å². The molecule has 0 aromatic heterocycles. The number of hydrogen-bond donors (Lipinski definition) is 0. The van der Waals surface area contributed by atoms with Crippen molar-refractivity contribution in [1.29, 1.82) is 0 Å². The Balaban J connectivity index is 2.23. The van der Waals surface area contributed by atoms with Gasteiger partial charge in [-0.15, -0.1) is 0 Å². The lowest BCUT2D eigenvalue weighted by Gasteiger charge is -2.12. The number of nitrogens with zero attached hydrogens (tertiary/aromatic N) is 1. The van der Waals surface area contributed by atoms with Crippen molar-refractivity contribution in [1.82, 2.24) is 4.90 Å². The highest BCUT2D eigenvalue weighted by Gasteiger charge is 2.14. The van der Waals surface area contributed by atoms with Crippen molar-refractivity contribution < 1.29 is 10.8 Å². The van der Waals surface area contributed by atoms with Gasteiger partial charge in [-0.1, -0.05) is 0 Å². The Kier molecular flexibility index (Phi) is 2.57. The molecule has 0 unspecified atom stereocenters. The van der Waals surface area contributed by atoms with Crippen LogP contribution < -0.4 is 0 Å². The first-order valence-corrected chi connectivity index (χ1v) is 3.55. The molecule has 60 valence electrons. The van der Waals surface area contributed by atoms with Gasteiger partial charge in [-0.2, -0.15) is 0 Å². The van der Waals surface area contributed by atoms with Gasteiger partial charge in [0.05, 0.1) is 14.6 Å². The van der Waals surface area contributed by atoms with E-state index >= 15 is 0 Å². The maximum Gasteiger partial charge on any atom is 0.159 e. The third kappa shape index (κ3) is 2.64. The standard InChI is InChI=1S/C7H15NO2/c1-8(2)4-3-7-9-5-6-10-7/h7H,3-6H2,1-2H3/i7D. The van der Waals surface area contributed by atoms with Crippen molar-refractivity contribution in [3.8, 4) is 0 Å². The van der Waals surface area contributed by atoms with E-state index in [0.29, 0.717) is 19.6 Å². The summed E-state index contributed by atoms with van der Waals surface area (Å²) in [5.41, 5.74) is 0. The predicted molar refractivity (Wildman–Crippen MR) is 38.9 cm³/mol. The van der Waals surface area contributed by atoms with Crippen molar-refractivity contribution in [3.05, 3.63) is 0 Å². The highest BCUT2D eigenvalue weighted by molar-refractivity contribution is 4.54. The van der Waals surface area contributed by atoms with Crippen molar-refractivity contribution in [2.75, 3.05) is 33.9 Å². The topological polar surface area (TPSA) is 21.7 Å². The normalized spacial score (nSPS) is 25.3. The van der Waals surface area contributed by atoms with Gasteiger partial charge in [0.1, 0.15) is 0 Å². The molecule has 0 spiro atoms. The SMILES string of the molecule is [2H]C1(CCN(C)C)OCCO1. The van der Waals surface area contributed by atoms with E-state index in [0.717, 1.165) is 6.54 Å². The first-order chi connectivity index (χ1) is 5.12. The minimum atomic E-state index is -1.07. The molecule has 0 radical (unpaired) electrons. The Hall–Kier alpha value is -0.120. The van der Waals surface area contributed by atoms with E-state index in [9.17, 15) is 0 Å². The molecule has 1 saturated heterocycles. The van der Waals surface area contributed by atoms with Crippen LogP contribution in [0.25, 0.3) is 0 Å². The second-order valence-electron chi connectivity index (χ2n) is 2.62. The number of rotatable bonds is 3. The Bertz CT molecular complexity index is 124. The van der Waals surface area contributed by atoms with Gasteiger partial charge in [-0.3, -0.25) is 0 Å². The van der Waals surface area contributed by atoms with Gasteiger partial charge in [-0.05, 0) is 14.1 Å². The van der Waals surface area contributed by atoms with Crippen LogP contribution in [-0.2, 0) is 9.47 Å². The molecule has 0 atom stereocenters. The third-order valence-corrected chi connectivity index (χ3v) is 1.37. The highest BCUT2D eigenvalue weighted by Crippen LogP contribution is 2.07. The summed E-state index contributed by atoms with van der Waals surface area (Å²) in [4.78, 5) is 2.02. The molecular weight excluding hydrogens is 130 g/mol. The van der Waals surface area contributed by atoms with Gasteiger partial charge in [0.15, 0.2) is 6.27 Å². The van der Waals surface area contributed by atoms with E-state index in [1.54, 1.807) is 0 Å². The van der Waals surface area contributed by atoms with Gasteiger partial charge in [0, 0.05) is 13.0 Å². The molecule has 0 aromatic rings. The predicted octanol–water partition coefficient (Wildman–Crippen LogP) is 0.311. The molecule has 3 heteroatoms. The molecule has 1 aliphatic rings.